The lowest BCUT2D eigenvalue weighted by Crippen LogP contribution is -2.01. The highest BCUT2D eigenvalue weighted by atomic mass is 16.5. The van der Waals surface area contributed by atoms with Gasteiger partial charge in [-0.1, -0.05) is 30.3 Å². The molecule has 0 fully saturated rings. The molecule has 0 aliphatic rings. The summed E-state index contributed by atoms with van der Waals surface area (Å²) in [7, 11) is 1.60. The van der Waals surface area contributed by atoms with E-state index < -0.39 is 5.97 Å². The second kappa shape index (κ2) is 5.48. The molecule has 1 N–H and O–H groups in total. The smallest absolute Gasteiger partial charge is 0.336 e. The van der Waals surface area contributed by atoms with Crippen molar-refractivity contribution >= 4 is 16.9 Å². The van der Waals surface area contributed by atoms with E-state index in [2.05, 4.69) is 4.98 Å². The lowest BCUT2D eigenvalue weighted by molar-refractivity contribution is 0.0699. The van der Waals surface area contributed by atoms with Crippen LogP contribution in [0.25, 0.3) is 22.2 Å². The number of aromatic carboxylic acids is 1. The van der Waals surface area contributed by atoms with E-state index in [0.717, 1.165) is 11.1 Å². The molecule has 3 aromatic rings. The van der Waals surface area contributed by atoms with Gasteiger partial charge in [0, 0.05) is 10.9 Å². The van der Waals surface area contributed by atoms with Gasteiger partial charge in [-0.2, -0.15) is 0 Å². The molecule has 0 unspecified atom stereocenters. The van der Waals surface area contributed by atoms with Gasteiger partial charge in [-0.25, -0.2) is 9.78 Å². The zero-order valence-electron chi connectivity index (χ0n) is 12.3. The fourth-order valence-corrected chi connectivity index (χ4v) is 2.50. The van der Waals surface area contributed by atoms with E-state index in [0.29, 0.717) is 22.3 Å². The molecule has 0 bridgehead atoms. The summed E-state index contributed by atoms with van der Waals surface area (Å²) in [4.78, 5) is 16.2. The van der Waals surface area contributed by atoms with E-state index >= 15 is 0 Å². The number of benzene rings is 2. The van der Waals surface area contributed by atoms with Gasteiger partial charge >= 0.3 is 5.97 Å². The lowest BCUT2D eigenvalue weighted by Gasteiger charge is -2.09. The van der Waals surface area contributed by atoms with Crippen LogP contribution in [-0.2, 0) is 0 Å². The minimum absolute atomic E-state index is 0.256. The van der Waals surface area contributed by atoms with Gasteiger partial charge < -0.3 is 9.84 Å². The summed E-state index contributed by atoms with van der Waals surface area (Å²) in [6.45, 7) is 1.93. The van der Waals surface area contributed by atoms with E-state index in [1.807, 2.05) is 43.3 Å². The van der Waals surface area contributed by atoms with Gasteiger partial charge in [0.25, 0.3) is 0 Å². The van der Waals surface area contributed by atoms with Crippen molar-refractivity contribution < 1.29 is 14.6 Å². The zero-order valence-corrected chi connectivity index (χ0v) is 12.3. The monoisotopic (exact) mass is 293 g/mol. The Bertz CT molecular complexity index is 871. The first-order valence-electron chi connectivity index (χ1n) is 6.88. The molecule has 0 aliphatic carbocycles. The van der Waals surface area contributed by atoms with Crippen LogP contribution in [0, 0.1) is 6.92 Å². The third-order valence-corrected chi connectivity index (χ3v) is 3.64. The van der Waals surface area contributed by atoms with Crippen molar-refractivity contribution in [3.8, 4) is 17.0 Å². The van der Waals surface area contributed by atoms with Crippen molar-refractivity contribution in [2.24, 2.45) is 0 Å². The topological polar surface area (TPSA) is 59.4 Å². The predicted octanol–water partition coefficient (Wildman–Crippen LogP) is 3.92. The first-order chi connectivity index (χ1) is 10.6. The molecule has 0 spiro atoms. The third-order valence-electron chi connectivity index (χ3n) is 3.64. The SMILES string of the molecule is COc1cccc(-c2cc(C(=O)O)c3cccc(C)c3n2)c1. The standard InChI is InChI=1S/C18H15NO3/c1-11-5-3-8-14-15(18(20)21)10-16(19-17(11)14)12-6-4-7-13(9-12)22-2/h3-10H,1-2H3,(H,20,21). The molecule has 0 atom stereocenters. The van der Waals surface area contributed by atoms with E-state index in [1.165, 1.54) is 0 Å². The van der Waals surface area contributed by atoms with Crippen molar-refractivity contribution in [2.45, 2.75) is 6.92 Å². The predicted molar refractivity (Wildman–Crippen MR) is 85.4 cm³/mol. The number of carbonyl (C=O) groups is 1. The van der Waals surface area contributed by atoms with Crippen molar-refractivity contribution in [1.29, 1.82) is 0 Å². The normalized spacial score (nSPS) is 10.6. The quantitative estimate of drug-likeness (QED) is 0.795. The van der Waals surface area contributed by atoms with Crippen LogP contribution in [0.2, 0.25) is 0 Å². The first-order valence-corrected chi connectivity index (χ1v) is 6.88. The Labute approximate surface area is 128 Å². The second-order valence-electron chi connectivity index (χ2n) is 5.06. The van der Waals surface area contributed by atoms with Crippen LogP contribution in [0.5, 0.6) is 5.75 Å². The molecule has 0 radical (unpaired) electrons. The Hall–Kier alpha value is -2.88. The number of fused-ring (bicyclic) bond motifs is 1. The van der Waals surface area contributed by atoms with E-state index in [4.69, 9.17) is 4.74 Å². The van der Waals surface area contributed by atoms with Crippen molar-refractivity contribution in [1.82, 2.24) is 4.98 Å². The molecular formula is C18H15NO3. The fourth-order valence-electron chi connectivity index (χ4n) is 2.50. The average molecular weight is 293 g/mol. The highest BCUT2D eigenvalue weighted by Crippen LogP contribution is 2.28. The number of pyridine rings is 1. The summed E-state index contributed by atoms with van der Waals surface area (Å²) in [5.41, 5.74) is 3.36. The number of hydrogen-bond acceptors (Lipinski definition) is 3. The van der Waals surface area contributed by atoms with Gasteiger partial charge in [-0.05, 0) is 30.7 Å². The highest BCUT2D eigenvalue weighted by molar-refractivity contribution is 6.04. The van der Waals surface area contributed by atoms with E-state index in [1.54, 1.807) is 19.2 Å². The molecule has 1 heterocycles. The molecule has 0 aliphatic heterocycles. The fraction of sp³-hybridized carbons (Fsp3) is 0.111. The first kappa shape index (κ1) is 14.1. The Morgan fingerprint density at radius 3 is 2.64 bits per heavy atom. The number of carboxylic acids is 1. The maximum Gasteiger partial charge on any atom is 0.336 e. The maximum atomic E-state index is 11.6. The van der Waals surface area contributed by atoms with Gasteiger partial charge in [0.15, 0.2) is 0 Å². The maximum absolute atomic E-state index is 11.6. The molecule has 2 aromatic carbocycles. The number of ether oxygens (including phenoxy) is 1. The largest absolute Gasteiger partial charge is 0.497 e. The molecular weight excluding hydrogens is 278 g/mol. The summed E-state index contributed by atoms with van der Waals surface area (Å²) in [6, 6.07) is 14.6. The lowest BCUT2D eigenvalue weighted by atomic mass is 10.0. The van der Waals surface area contributed by atoms with Crippen LogP contribution in [0.1, 0.15) is 15.9 Å². The molecule has 0 amide bonds. The molecule has 22 heavy (non-hydrogen) atoms. The number of carboxylic acid groups (broad SMARTS) is 1. The number of nitrogens with zero attached hydrogens (tertiary/aromatic N) is 1. The Morgan fingerprint density at radius 1 is 1.14 bits per heavy atom. The van der Waals surface area contributed by atoms with Crippen LogP contribution in [-0.4, -0.2) is 23.2 Å². The van der Waals surface area contributed by atoms with Crippen LogP contribution in [0.15, 0.2) is 48.5 Å². The zero-order chi connectivity index (χ0) is 15.7. The number of methoxy groups -OCH3 is 1. The van der Waals surface area contributed by atoms with E-state index in [-0.39, 0.29) is 5.56 Å². The van der Waals surface area contributed by atoms with Crippen LogP contribution in [0.3, 0.4) is 0 Å². The summed E-state index contributed by atoms with van der Waals surface area (Å²) in [5.74, 6) is -0.247. The average Bonchev–Trinajstić information content (AvgIpc) is 2.54. The number of aryl methyl sites for hydroxylation is 1. The Kier molecular flexibility index (Phi) is 3.51. The molecule has 0 saturated carbocycles. The molecule has 4 nitrogen and oxygen atoms in total. The van der Waals surface area contributed by atoms with Crippen LogP contribution >= 0.6 is 0 Å². The number of aromatic nitrogens is 1. The second-order valence-corrected chi connectivity index (χ2v) is 5.06. The van der Waals surface area contributed by atoms with Gasteiger partial charge in [0.05, 0.1) is 23.9 Å². The molecule has 3 rings (SSSR count). The summed E-state index contributed by atoms with van der Waals surface area (Å²) in [6.07, 6.45) is 0. The highest BCUT2D eigenvalue weighted by Gasteiger charge is 2.14. The van der Waals surface area contributed by atoms with Crippen molar-refractivity contribution in [3.05, 3.63) is 59.7 Å². The summed E-state index contributed by atoms with van der Waals surface area (Å²) in [5, 5.41) is 10.1. The van der Waals surface area contributed by atoms with Gasteiger partial charge in [-0.3, -0.25) is 0 Å². The molecule has 4 heteroatoms. The molecule has 110 valence electrons. The summed E-state index contributed by atoms with van der Waals surface area (Å²) < 4.78 is 5.22. The third kappa shape index (κ3) is 2.39. The number of para-hydroxylation sites is 1. The van der Waals surface area contributed by atoms with Crippen molar-refractivity contribution in [3.63, 3.8) is 0 Å². The number of rotatable bonds is 3. The minimum atomic E-state index is -0.956. The number of hydrogen-bond donors (Lipinski definition) is 1. The minimum Gasteiger partial charge on any atom is -0.497 e. The van der Waals surface area contributed by atoms with Gasteiger partial charge in [0.2, 0.25) is 0 Å². The Morgan fingerprint density at radius 2 is 1.91 bits per heavy atom. The molecule has 1 aromatic heterocycles. The summed E-state index contributed by atoms with van der Waals surface area (Å²) >= 11 is 0. The van der Waals surface area contributed by atoms with Gasteiger partial charge in [0.1, 0.15) is 5.75 Å². The van der Waals surface area contributed by atoms with Crippen LogP contribution in [0.4, 0.5) is 0 Å². The van der Waals surface area contributed by atoms with E-state index in [9.17, 15) is 9.90 Å². The van der Waals surface area contributed by atoms with Crippen LogP contribution < -0.4 is 4.74 Å². The van der Waals surface area contributed by atoms with Gasteiger partial charge in [-0.15, -0.1) is 0 Å². The molecule has 0 saturated heterocycles. The van der Waals surface area contributed by atoms with Crippen molar-refractivity contribution in [2.75, 3.05) is 7.11 Å². The Balaban J connectivity index is 2.30.